The van der Waals surface area contributed by atoms with Gasteiger partial charge in [0.15, 0.2) is 11.9 Å². The number of epoxide rings is 1. The van der Waals surface area contributed by atoms with Crippen molar-refractivity contribution in [2.45, 2.75) is 119 Å². The zero-order valence-electron chi connectivity index (χ0n) is 24.0. The Balaban J connectivity index is 1.27. The molecule has 218 valence electrons. The van der Waals surface area contributed by atoms with E-state index in [-0.39, 0.29) is 30.0 Å². The number of fused-ring (bicyclic) bond motifs is 5. The molecule has 10 rings (SSSR count). The summed E-state index contributed by atoms with van der Waals surface area (Å²) in [7, 11) is 0. The van der Waals surface area contributed by atoms with Crippen molar-refractivity contribution in [3.8, 4) is 0 Å². The van der Waals surface area contributed by atoms with Gasteiger partial charge in [0, 0.05) is 55.8 Å². The molecule has 8 heteroatoms. The molecule has 2 unspecified atom stereocenters. The van der Waals surface area contributed by atoms with E-state index in [9.17, 15) is 15.3 Å². The van der Waals surface area contributed by atoms with E-state index < -0.39 is 45.6 Å². The Bertz CT molecular complexity index is 1650. The van der Waals surface area contributed by atoms with Crippen molar-refractivity contribution in [3.05, 3.63) is 45.6 Å². The van der Waals surface area contributed by atoms with Crippen molar-refractivity contribution >= 4 is 22.5 Å². The first-order chi connectivity index (χ1) is 19.3. The van der Waals surface area contributed by atoms with E-state index in [0.29, 0.717) is 24.3 Å². The van der Waals surface area contributed by atoms with Crippen LogP contribution >= 0.6 is 11.6 Å². The minimum Gasteiger partial charge on any atom is -0.386 e. The quantitative estimate of drug-likeness (QED) is 0.267. The van der Waals surface area contributed by atoms with Gasteiger partial charge in [0.05, 0.1) is 17.8 Å². The number of halogens is 1. The number of H-pyrrole nitrogens is 1. The summed E-state index contributed by atoms with van der Waals surface area (Å²) in [6.45, 7) is 13.2. The van der Waals surface area contributed by atoms with E-state index in [1.165, 1.54) is 0 Å². The molecule has 1 aromatic carbocycles. The van der Waals surface area contributed by atoms with E-state index in [1.807, 2.05) is 6.07 Å². The van der Waals surface area contributed by atoms with Gasteiger partial charge in [0.25, 0.3) is 0 Å². The van der Waals surface area contributed by atoms with Crippen LogP contribution in [-0.2, 0) is 31.6 Å². The largest absolute Gasteiger partial charge is 0.386 e. The molecular weight excluding hydrogens is 542 g/mol. The monoisotopic (exact) mass is 579 g/mol. The molecule has 12 atom stereocenters. The van der Waals surface area contributed by atoms with Gasteiger partial charge in [-0.25, -0.2) is 0 Å². The van der Waals surface area contributed by atoms with Gasteiger partial charge in [-0.3, -0.25) is 0 Å². The molecule has 2 aromatic rings. The summed E-state index contributed by atoms with van der Waals surface area (Å²) in [5.41, 5.74) is 1.41. The minimum atomic E-state index is -1.17. The Morgan fingerprint density at radius 3 is 2.63 bits per heavy atom. The maximum absolute atomic E-state index is 12.9. The maximum Gasteiger partial charge on any atom is 0.184 e. The molecule has 7 nitrogen and oxygen atoms in total. The predicted octanol–water partition coefficient (Wildman–Crippen LogP) is 4.67. The number of benzene rings is 1. The van der Waals surface area contributed by atoms with Crippen LogP contribution in [-0.4, -0.2) is 55.6 Å². The van der Waals surface area contributed by atoms with Gasteiger partial charge in [-0.15, -0.1) is 0 Å². The van der Waals surface area contributed by atoms with Crippen molar-refractivity contribution < 1.29 is 29.5 Å². The van der Waals surface area contributed by atoms with Crippen molar-refractivity contribution in [1.82, 2.24) is 4.98 Å². The van der Waals surface area contributed by atoms with Gasteiger partial charge >= 0.3 is 0 Å². The number of aliphatic hydroxyl groups excluding tert-OH is 1. The molecule has 0 bridgehead atoms. The van der Waals surface area contributed by atoms with Crippen molar-refractivity contribution in [2.75, 3.05) is 0 Å². The second-order valence-electron chi connectivity index (χ2n) is 15.6. The van der Waals surface area contributed by atoms with Gasteiger partial charge in [0.1, 0.15) is 17.3 Å². The summed E-state index contributed by atoms with van der Waals surface area (Å²) >= 11 is 7.01. The first-order valence-electron chi connectivity index (χ1n) is 15.4. The summed E-state index contributed by atoms with van der Waals surface area (Å²) < 4.78 is 19.5. The van der Waals surface area contributed by atoms with E-state index in [1.54, 1.807) is 0 Å². The molecule has 8 aliphatic rings. The summed E-state index contributed by atoms with van der Waals surface area (Å²) in [6.07, 6.45) is 2.33. The Kier molecular flexibility index (Phi) is 4.03. The third-order valence-electron chi connectivity index (χ3n) is 14.3. The third-order valence-corrected chi connectivity index (χ3v) is 14.7. The molecule has 3 saturated carbocycles. The lowest BCUT2D eigenvalue weighted by molar-refractivity contribution is -0.277. The van der Waals surface area contributed by atoms with Crippen LogP contribution < -0.4 is 0 Å². The molecule has 4 N–H and O–H groups in total. The first kappa shape index (κ1) is 24.9. The number of rotatable bonds is 0. The Morgan fingerprint density at radius 1 is 1.10 bits per heavy atom. The van der Waals surface area contributed by atoms with Gasteiger partial charge < -0.3 is 34.5 Å². The SMILES string of the molecule is C=C1Cc2c(Cl)cc3[nH]c4c5c3c2[C@@]2(O)C1C[C@@H]2C(C)(C)O[C@H]5[C@@H]1CC[C@]2(O)[C@](C)(CCC3O[C@@H](O)[C@H]5O[C@@]352)[C@@]41C. The van der Waals surface area contributed by atoms with Crippen LogP contribution in [0.15, 0.2) is 18.2 Å². The molecule has 0 amide bonds. The number of nitrogens with one attached hydrogen (secondary N) is 1. The Hall–Kier alpha value is -1.45. The third kappa shape index (κ3) is 2.18. The predicted molar refractivity (Wildman–Crippen MR) is 150 cm³/mol. The molecule has 2 saturated heterocycles. The fraction of sp³-hybridized carbons (Fsp3) is 0.697. The summed E-state index contributed by atoms with van der Waals surface area (Å²) in [6, 6.07) is 2.02. The molecule has 1 aromatic heterocycles. The van der Waals surface area contributed by atoms with Crippen LogP contribution in [0.3, 0.4) is 0 Å². The average Bonchev–Trinajstić information content (AvgIpc) is 3.35. The molecule has 1 spiro atoms. The highest BCUT2D eigenvalue weighted by molar-refractivity contribution is 6.32. The van der Waals surface area contributed by atoms with Gasteiger partial charge in [-0.1, -0.05) is 37.6 Å². The Labute approximate surface area is 244 Å². The lowest BCUT2D eigenvalue weighted by atomic mass is 9.41. The molecule has 41 heavy (non-hydrogen) atoms. The highest BCUT2D eigenvalue weighted by Crippen LogP contribution is 2.78. The first-order valence-corrected chi connectivity index (χ1v) is 15.8. The van der Waals surface area contributed by atoms with E-state index in [4.69, 9.17) is 25.8 Å². The average molecular weight is 580 g/mol. The zero-order chi connectivity index (χ0) is 28.4. The summed E-state index contributed by atoms with van der Waals surface area (Å²) in [5.74, 6) is 0.0293. The number of aromatic amines is 1. The molecule has 4 heterocycles. The lowest BCUT2D eigenvalue weighted by Gasteiger charge is -2.65. The van der Waals surface area contributed by atoms with Crippen LogP contribution in [0.1, 0.15) is 88.3 Å². The van der Waals surface area contributed by atoms with Gasteiger partial charge in [-0.2, -0.15) is 0 Å². The number of aliphatic hydroxyl groups is 3. The second-order valence-corrected chi connectivity index (χ2v) is 16.0. The highest BCUT2D eigenvalue weighted by atomic mass is 35.5. The number of aromatic nitrogens is 1. The van der Waals surface area contributed by atoms with Crippen LogP contribution in [0.25, 0.3) is 10.9 Å². The van der Waals surface area contributed by atoms with Crippen molar-refractivity contribution in [1.29, 1.82) is 0 Å². The topological polar surface area (TPSA) is 107 Å². The van der Waals surface area contributed by atoms with Crippen LogP contribution in [0.2, 0.25) is 5.02 Å². The summed E-state index contributed by atoms with van der Waals surface area (Å²) in [5, 5.41) is 38.0. The molecule has 5 fully saturated rings. The molecule has 3 aliphatic heterocycles. The van der Waals surface area contributed by atoms with Gasteiger partial charge in [0.2, 0.25) is 0 Å². The van der Waals surface area contributed by atoms with Gasteiger partial charge in [-0.05, 0) is 69.6 Å². The number of hydrogen-bond donors (Lipinski definition) is 4. The normalized spacial score (nSPS) is 54.4. The van der Waals surface area contributed by atoms with E-state index >= 15 is 0 Å². The summed E-state index contributed by atoms with van der Waals surface area (Å²) in [4.78, 5) is 3.84. The minimum absolute atomic E-state index is 0.0133. The fourth-order valence-corrected chi connectivity index (χ4v) is 12.5. The van der Waals surface area contributed by atoms with Crippen LogP contribution in [0.4, 0.5) is 0 Å². The maximum atomic E-state index is 12.9. The van der Waals surface area contributed by atoms with Crippen LogP contribution in [0, 0.1) is 23.2 Å². The van der Waals surface area contributed by atoms with E-state index in [2.05, 4.69) is 39.3 Å². The molecular formula is C33H38ClNO6. The second kappa shape index (κ2) is 6.63. The standard InChI is InChI=1S/C33H38ClNO6/c1-13-10-14-17(34)12-18-21-22-24(40-28(2,3)19-11-16(13)32(19,38)23(14)21)15-6-9-31(37)29(4,30(15,5)25(22)35-18)8-7-20-33(31)26(41-33)27(36)39-20/h12,15-16,19-20,24,26-27,35-38H,1,6-11H2,2-5H3/t15-,16?,19+,20?,24-,26+,27+,29+,30+,31-,32+,33-/m0/s1. The lowest BCUT2D eigenvalue weighted by Crippen LogP contribution is -2.73. The van der Waals surface area contributed by atoms with Crippen molar-refractivity contribution in [2.24, 2.45) is 23.2 Å². The van der Waals surface area contributed by atoms with E-state index in [0.717, 1.165) is 58.1 Å². The number of ether oxygens (including phenoxy) is 3. The zero-order valence-corrected chi connectivity index (χ0v) is 24.8. The molecule has 5 aliphatic carbocycles. The molecule has 0 radical (unpaired) electrons. The smallest absolute Gasteiger partial charge is 0.184 e. The van der Waals surface area contributed by atoms with Crippen molar-refractivity contribution in [3.63, 3.8) is 0 Å². The number of hydrogen-bond acceptors (Lipinski definition) is 6. The Morgan fingerprint density at radius 2 is 1.88 bits per heavy atom. The highest BCUT2D eigenvalue weighted by Gasteiger charge is 2.88. The van der Waals surface area contributed by atoms with Crippen LogP contribution in [0.5, 0.6) is 0 Å². The fourth-order valence-electron chi connectivity index (χ4n) is 12.2.